The predicted molar refractivity (Wildman–Crippen MR) is 34.1 cm³/mol. The van der Waals surface area contributed by atoms with E-state index in [4.69, 9.17) is 17.5 Å². The van der Waals surface area contributed by atoms with Gasteiger partial charge in [0.1, 0.15) is 10.7 Å². The minimum atomic E-state index is 0.252. The molecule has 1 aromatic rings. The Kier molecular flexibility index (Phi) is 1.56. The third-order valence-electron chi connectivity index (χ3n) is 0.777. The molecule has 0 aliphatic carbocycles. The number of aromatic nitrogens is 2. The number of nitrogens with zero attached hydrogens (tertiary/aromatic N) is 2. The first-order chi connectivity index (χ1) is 4.33. The molecule has 0 aliphatic rings. The van der Waals surface area contributed by atoms with Crippen molar-refractivity contribution in [2.45, 2.75) is 0 Å². The minimum absolute atomic E-state index is 0.252. The SMILES string of the molecule is N#Cc1nccc(=S)[nH]1. The van der Waals surface area contributed by atoms with Gasteiger partial charge in [0.15, 0.2) is 0 Å². The van der Waals surface area contributed by atoms with E-state index < -0.39 is 0 Å². The number of rotatable bonds is 0. The molecule has 9 heavy (non-hydrogen) atoms. The van der Waals surface area contributed by atoms with Crippen LogP contribution in [0.5, 0.6) is 0 Å². The van der Waals surface area contributed by atoms with Gasteiger partial charge in [-0.05, 0) is 6.07 Å². The van der Waals surface area contributed by atoms with Crippen LogP contribution in [0.2, 0.25) is 0 Å². The van der Waals surface area contributed by atoms with Crippen LogP contribution in [-0.4, -0.2) is 9.97 Å². The molecule has 3 nitrogen and oxygen atoms in total. The number of nitriles is 1. The normalized spacial score (nSPS) is 8.33. The lowest BCUT2D eigenvalue weighted by Crippen LogP contribution is -1.85. The number of hydrogen-bond acceptors (Lipinski definition) is 3. The van der Waals surface area contributed by atoms with Gasteiger partial charge in [-0.1, -0.05) is 12.2 Å². The summed E-state index contributed by atoms with van der Waals surface area (Å²) in [5.41, 5.74) is 0. The number of nitrogens with one attached hydrogen (secondary N) is 1. The Morgan fingerprint density at radius 3 is 3.00 bits per heavy atom. The molecule has 1 rings (SSSR count). The van der Waals surface area contributed by atoms with Gasteiger partial charge in [0.05, 0.1) is 0 Å². The number of H-pyrrole nitrogens is 1. The maximum Gasteiger partial charge on any atom is 0.211 e. The largest absolute Gasteiger partial charge is 0.322 e. The maximum atomic E-state index is 8.27. The monoisotopic (exact) mass is 137 g/mol. The molecule has 1 heterocycles. The zero-order chi connectivity index (χ0) is 6.69. The average molecular weight is 137 g/mol. The van der Waals surface area contributed by atoms with Gasteiger partial charge in [0.25, 0.3) is 0 Å². The summed E-state index contributed by atoms with van der Waals surface area (Å²) < 4.78 is 0.529. The Hall–Kier alpha value is -1.21. The summed E-state index contributed by atoms with van der Waals surface area (Å²) in [5, 5.41) is 8.27. The average Bonchev–Trinajstić information content (AvgIpc) is 1.88. The van der Waals surface area contributed by atoms with Gasteiger partial charge in [-0.25, -0.2) is 4.98 Å². The van der Waals surface area contributed by atoms with Crippen LogP contribution in [0.4, 0.5) is 0 Å². The molecule has 4 heteroatoms. The molecule has 0 saturated carbocycles. The summed E-state index contributed by atoms with van der Waals surface area (Å²) in [6.45, 7) is 0. The van der Waals surface area contributed by atoms with E-state index in [1.54, 1.807) is 6.07 Å². The summed E-state index contributed by atoms with van der Waals surface area (Å²) >= 11 is 4.72. The van der Waals surface area contributed by atoms with Crippen molar-refractivity contribution in [3.8, 4) is 6.07 Å². The smallest absolute Gasteiger partial charge is 0.211 e. The van der Waals surface area contributed by atoms with Crippen LogP contribution in [0.25, 0.3) is 0 Å². The van der Waals surface area contributed by atoms with Crippen LogP contribution in [0, 0.1) is 16.0 Å². The Bertz CT molecular complexity index is 296. The molecule has 44 valence electrons. The zero-order valence-corrected chi connectivity index (χ0v) is 5.27. The minimum Gasteiger partial charge on any atom is -0.322 e. The highest BCUT2D eigenvalue weighted by molar-refractivity contribution is 7.71. The van der Waals surface area contributed by atoms with E-state index in [1.165, 1.54) is 6.20 Å². The molecule has 0 saturated heterocycles. The second kappa shape index (κ2) is 2.37. The third kappa shape index (κ3) is 1.34. The van der Waals surface area contributed by atoms with Crippen molar-refractivity contribution in [2.75, 3.05) is 0 Å². The van der Waals surface area contributed by atoms with E-state index in [-0.39, 0.29) is 5.82 Å². The van der Waals surface area contributed by atoms with Crippen molar-refractivity contribution >= 4 is 12.2 Å². The standard InChI is InChI=1S/C5H3N3S/c6-3-4-7-2-1-5(9)8-4/h1-2H,(H,7,8,9). The molecule has 0 amide bonds. The zero-order valence-electron chi connectivity index (χ0n) is 4.46. The van der Waals surface area contributed by atoms with Crippen molar-refractivity contribution in [3.05, 3.63) is 22.7 Å². The first kappa shape index (κ1) is 5.92. The molecular weight excluding hydrogens is 134 g/mol. The topological polar surface area (TPSA) is 52.5 Å². The molecule has 0 unspecified atom stereocenters. The van der Waals surface area contributed by atoms with Gasteiger partial charge < -0.3 is 4.98 Å². The lowest BCUT2D eigenvalue weighted by atomic mass is 10.6. The molecule has 1 N–H and O–H groups in total. The van der Waals surface area contributed by atoms with Crippen LogP contribution in [-0.2, 0) is 0 Å². The predicted octanol–water partition coefficient (Wildman–Crippen LogP) is 1.01. The Balaban J connectivity index is 3.28. The van der Waals surface area contributed by atoms with Gasteiger partial charge >= 0.3 is 0 Å². The number of aromatic amines is 1. The van der Waals surface area contributed by atoms with Crippen molar-refractivity contribution < 1.29 is 0 Å². The summed E-state index contributed by atoms with van der Waals surface area (Å²) in [4.78, 5) is 6.27. The highest BCUT2D eigenvalue weighted by Crippen LogP contribution is 1.85. The Morgan fingerprint density at radius 2 is 2.56 bits per heavy atom. The number of hydrogen-bond donors (Lipinski definition) is 1. The van der Waals surface area contributed by atoms with Gasteiger partial charge in [-0.2, -0.15) is 5.26 Å². The summed E-state index contributed by atoms with van der Waals surface area (Å²) in [6.07, 6.45) is 1.50. The molecular formula is C5H3N3S. The van der Waals surface area contributed by atoms with Crippen LogP contribution >= 0.6 is 12.2 Å². The molecule has 0 aromatic carbocycles. The van der Waals surface area contributed by atoms with Crippen LogP contribution < -0.4 is 0 Å². The van der Waals surface area contributed by atoms with Crippen molar-refractivity contribution in [1.29, 1.82) is 5.26 Å². The third-order valence-corrected chi connectivity index (χ3v) is 1.02. The van der Waals surface area contributed by atoms with Crippen molar-refractivity contribution in [3.63, 3.8) is 0 Å². The van der Waals surface area contributed by atoms with E-state index in [0.717, 1.165) is 0 Å². The van der Waals surface area contributed by atoms with E-state index in [1.807, 2.05) is 6.07 Å². The Morgan fingerprint density at radius 1 is 1.78 bits per heavy atom. The van der Waals surface area contributed by atoms with Gasteiger partial charge in [0, 0.05) is 6.20 Å². The van der Waals surface area contributed by atoms with Crippen molar-refractivity contribution in [2.24, 2.45) is 0 Å². The van der Waals surface area contributed by atoms with Crippen LogP contribution in [0.15, 0.2) is 12.3 Å². The highest BCUT2D eigenvalue weighted by Gasteiger charge is 1.84. The summed E-state index contributed by atoms with van der Waals surface area (Å²) in [7, 11) is 0. The molecule has 0 aliphatic heterocycles. The molecule has 1 aromatic heterocycles. The van der Waals surface area contributed by atoms with E-state index in [0.29, 0.717) is 4.64 Å². The molecule has 0 radical (unpaired) electrons. The first-order valence-electron chi connectivity index (χ1n) is 2.28. The van der Waals surface area contributed by atoms with Gasteiger partial charge in [-0.15, -0.1) is 0 Å². The highest BCUT2D eigenvalue weighted by atomic mass is 32.1. The van der Waals surface area contributed by atoms with E-state index in [9.17, 15) is 0 Å². The maximum absolute atomic E-state index is 8.27. The Labute approximate surface area is 57.0 Å². The van der Waals surface area contributed by atoms with E-state index in [2.05, 4.69) is 9.97 Å². The summed E-state index contributed by atoms with van der Waals surface area (Å²) in [5.74, 6) is 0.252. The first-order valence-corrected chi connectivity index (χ1v) is 2.69. The lowest BCUT2D eigenvalue weighted by Gasteiger charge is -1.83. The van der Waals surface area contributed by atoms with Gasteiger partial charge in [-0.3, -0.25) is 0 Å². The van der Waals surface area contributed by atoms with Crippen LogP contribution in [0.3, 0.4) is 0 Å². The molecule has 0 spiro atoms. The quantitative estimate of drug-likeness (QED) is 0.543. The molecule has 0 atom stereocenters. The second-order valence-corrected chi connectivity index (χ2v) is 1.83. The molecule has 0 fully saturated rings. The lowest BCUT2D eigenvalue weighted by molar-refractivity contribution is 1.10. The second-order valence-electron chi connectivity index (χ2n) is 1.39. The van der Waals surface area contributed by atoms with E-state index >= 15 is 0 Å². The van der Waals surface area contributed by atoms with Gasteiger partial charge in [0.2, 0.25) is 5.82 Å². The molecule has 0 bridgehead atoms. The van der Waals surface area contributed by atoms with Crippen LogP contribution in [0.1, 0.15) is 5.82 Å². The van der Waals surface area contributed by atoms with Crippen molar-refractivity contribution in [1.82, 2.24) is 9.97 Å². The fourth-order valence-corrected chi connectivity index (χ4v) is 0.584. The fraction of sp³-hybridized carbons (Fsp3) is 0. The fourth-order valence-electron chi connectivity index (χ4n) is 0.427. The summed E-state index contributed by atoms with van der Waals surface area (Å²) in [6, 6.07) is 3.46.